The van der Waals surface area contributed by atoms with Crippen molar-refractivity contribution in [2.45, 2.75) is 34.2 Å². The Morgan fingerprint density at radius 1 is 1.00 bits per heavy atom. The number of carbonyl (C=O) groups is 3. The van der Waals surface area contributed by atoms with Crippen LogP contribution in [0.25, 0.3) is 0 Å². The third-order valence-corrected chi connectivity index (χ3v) is 5.05. The van der Waals surface area contributed by atoms with Crippen molar-refractivity contribution >= 4 is 17.9 Å². The van der Waals surface area contributed by atoms with Crippen LogP contribution in [-0.2, 0) is 20.9 Å². The van der Waals surface area contributed by atoms with Gasteiger partial charge in [-0.1, -0.05) is 30.3 Å². The summed E-state index contributed by atoms with van der Waals surface area (Å²) in [4.78, 5) is 43.0. The van der Waals surface area contributed by atoms with Gasteiger partial charge in [-0.05, 0) is 33.3 Å². The highest BCUT2D eigenvalue weighted by molar-refractivity contribution is 6.04. The maximum atomic E-state index is 13.1. The van der Waals surface area contributed by atoms with Crippen molar-refractivity contribution in [3.8, 4) is 0 Å². The monoisotopic (exact) mass is 389 g/mol. The predicted octanol–water partition coefficient (Wildman–Crippen LogP) is 2.36. The molecule has 7 nitrogen and oxygen atoms in total. The molecule has 1 aliphatic heterocycles. The number of hydrogen-bond donors (Lipinski definition) is 0. The molecule has 28 heavy (non-hydrogen) atoms. The SMILES string of the molecule is CCOC(=O)N1CCN(C(=O)C(C)(C)C(=O)N(CC)Cc2ccccc2)CC1. The van der Waals surface area contributed by atoms with E-state index in [1.165, 1.54) is 0 Å². The second kappa shape index (κ2) is 9.57. The number of carbonyl (C=O) groups excluding carboxylic acids is 3. The summed E-state index contributed by atoms with van der Waals surface area (Å²) < 4.78 is 5.01. The minimum atomic E-state index is -1.16. The number of rotatable bonds is 6. The summed E-state index contributed by atoms with van der Waals surface area (Å²) in [6, 6.07) is 9.75. The van der Waals surface area contributed by atoms with Crippen LogP contribution < -0.4 is 0 Å². The summed E-state index contributed by atoms with van der Waals surface area (Å²) in [5.74, 6) is -0.385. The first-order valence-corrected chi connectivity index (χ1v) is 9.85. The van der Waals surface area contributed by atoms with Crippen molar-refractivity contribution in [3.05, 3.63) is 35.9 Å². The van der Waals surface area contributed by atoms with Gasteiger partial charge in [-0.15, -0.1) is 0 Å². The van der Waals surface area contributed by atoms with Crippen LogP contribution in [0, 0.1) is 5.41 Å². The fourth-order valence-electron chi connectivity index (χ4n) is 3.32. The zero-order chi connectivity index (χ0) is 20.7. The van der Waals surface area contributed by atoms with Crippen LogP contribution in [0.2, 0.25) is 0 Å². The molecular formula is C21H31N3O4. The average molecular weight is 389 g/mol. The van der Waals surface area contributed by atoms with Gasteiger partial charge < -0.3 is 19.4 Å². The van der Waals surface area contributed by atoms with E-state index >= 15 is 0 Å². The Bertz CT molecular complexity index is 682. The second-order valence-electron chi connectivity index (χ2n) is 7.41. The largest absolute Gasteiger partial charge is 0.450 e. The van der Waals surface area contributed by atoms with E-state index in [1.54, 1.807) is 35.5 Å². The van der Waals surface area contributed by atoms with Gasteiger partial charge in [-0.25, -0.2) is 4.79 Å². The normalized spacial score (nSPS) is 14.6. The van der Waals surface area contributed by atoms with Crippen molar-refractivity contribution in [2.75, 3.05) is 39.3 Å². The van der Waals surface area contributed by atoms with Gasteiger partial charge in [0.1, 0.15) is 5.41 Å². The van der Waals surface area contributed by atoms with Gasteiger partial charge in [-0.2, -0.15) is 0 Å². The Hall–Kier alpha value is -2.57. The van der Waals surface area contributed by atoms with Gasteiger partial charge in [0.15, 0.2) is 0 Å². The van der Waals surface area contributed by atoms with Gasteiger partial charge >= 0.3 is 6.09 Å². The highest BCUT2D eigenvalue weighted by Gasteiger charge is 2.42. The molecule has 1 heterocycles. The maximum Gasteiger partial charge on any atom is 0.409 e. The molecule has 0 bridgehead atoms. The number of hydrogen-bond acceptors (Lipinski definition) is 4. The molecular weight excluding hydrogens is 358 g/mol. The lowest BCUT2D eigenvalue weighted by Crippen LogP contribution is -2.56. The Balaban J connectivity index is 2.01. The van der Waals surface area contributed by atoms with Gasteiger partial charge in [0, 0.05) is 39.3 Å². The molecule has 2 rings (SSSR count). The summed E-state index contributed by atoms with van der Waals surface area (Å²) in [6.07, 6.45) is -0.357. The van der Waals surface area contributed by atoms with E-state index < -0.39 is 5.41 Å². The average Bonchev–Trinajstić information content (AvgIpc) is 2.72. The van der Waals surface area contributed by atoms with E-state index in [1.807, 2.05) is 37.3 Å². The standard InChI is InChI=1S/C21H31N3O4/c1-5-22(16-17-10-8-7-9-11-17)18(25)21(3,4)19(26)23-12-14-24(15-13-23)20(27)28-6-2/h7-11H,5-6,12-16H2,1-4H3. The molecule has 0 N–H and O–H groups in total. The number of amides is 3. The number of ether oxygens (including phenoxy) is 1. The van der Waals surface area contributed by atoms with Crippen LogP contribution in [0.4, 0.5) is 4.79 Å². The molecule has 7 heteroatoms. The maximum absolute atomic E-state index is 13.1. The Kier molecular flexibility index (Phi) is 7.43. The van der Waals surface area contributed by atoms with E-state index in [9.17, 15) is 14.4 Å². The molecule has 1 saturated heterocycles. The van der Waals surface area contributed by atoms with Crippen LogP contribution >= 0.6 is 0 Å². The fraction of sp³-hybridized carbons (Fsp3) is 0.571. The quantitative estimate of drug-likeness (QED) is 0.701. The lowest BCUT2D eigenvalue weighted by molar-refractivity contribution is -0.155. The minimum Gasteiger partial charge on any atom is -0.450 e. The van der Waals surface area contributed by atoms with Crippen LogP contribution in [0.15, 0.2) is 30.3 Å². The zero-order valence-electron chi connectivity index (χ0n) is 17.3. The summed E-state index contributed by atoms with van der Waals surface area (Å²) in [6.45, 7) is 10.0. The first kappa shape index (κ1) is 21.7. The smallest absolute Gasteiger partial charge is 0.409 e. The molecule has 1 fully saturated rings. The molecule has 0 unspecified atom stereocenters. The first-order chi connectivity index (χ1) is 13.3. The third kappa shape index (κ3) is 5.03. The lowest BCUT2D eigenvalue weighted by Gasteiger charge is -2.39. The van der Waals surface area contributed by atoms with Gasteiger partial charge in [0.25, 0.3) is 0 Å². The van der Waals surface area contributed by atoms with Crippen LogP contribution in [-0.4, -0.2) is 71.9 Å². The molecule has 3 amide bonds. The van der Waals surface area contributed by atoms with Crippen molar-refractivity contribution in [3.63, 3.8) is 0 Å². The van der Waals surface area contributed by atoms with E-state index in [-0.39, 0.29) is 17.9 Å². The zero-order valence-corrected chi connectivity index (χ0v) is 17.3. The van der Waals surface area contributed by atoms with E-state index in [0.29, 0.717) is 45.9 Å². The van der Waals surface area contributed by atoms with E-state index in [0.717, 1.165) is 5.56 Å². The second-order valence-corrected chi connectivity index (χ2v) is 7.41. The van der Waals surface area contributed by atoms with Crippen molar-refractivity contribution in [1.82, 2.24) is 14.7 Å². The Morgan fingerprint density at radius 3 is 2.11 bits per heavy atom. The highest BCUT2D eigenvalue weighted by atomic mass is 16.6. The summed E-state index contributed by atoms with van der Waals surface area (Å²) in [7, 11) is 0. The van der Waals surface area contributed by atoms with Gasteiger partial charge in [0.2, 0.25) is 11.8 Å². The molecule has 0 spiro atoms. The molecule has 1 aliphatic rings. The van der Waals surface area contributed by atoms with Crippen molar-refractivity contribution in [2.24, 2.45) is 5.41 Å². The molecule has 0 aliphatic carbocycles. The molecule has 0 aromatic heterocycles. The fourth-order valence-corrected chi connectivity index (χ4v) is 3.32. The molecule has 154 valence electrons. The Morgan fingerprint density at radius 2 is 1.57 bits per heavy atom. The highest BCUT2D eigenvalue weighted by Crippen LogP contribution is 2.24. The molecule has 0 radical (unpaired) electrons. The summed E-state index contributed by atoms with van der Waals surface area (Å²) >= 11 is 0. The Labute approximate surface area is 167 Å². The third-order valence-electron chi connectivity index (χ3n) is 5.05. The summed E-state index contributed by atoms with van der Waals surface area (Å²) in [5.41, 5.74) is -0.124. The van der Waals surface area contributed by atoms with Crippen molar-refractivity contribution < 1.29 is 19.1 Å². The lowest BCUT2D eigenvalue weighted by atomic mass is 9.89. The molecule has 1 aromatic rings. The number of benzene rings is 1. The van der Waals surface area contributed by atoms with Crippen LogP contribution in [0.1, 0.15) is 33.3 Å². The number of nitrogens with zero attached hydrogens (tertiary/aromatic N) is 3. The predicted molar refractivity (Wildman–Crippen MR) is 106 cm³/mol. The molecule has 0 atom stereocenters. The van der Waals surface area contributed by atoms with Crippen molar-refractivity contribution in [1.29, 1.82) is 0 Å². The van der Waals surface area contributed by atoms with E-state index in [2.05, 4.69) is 0 Å². The van der Waals surface area contributed by atoms with Gasteiger partial charge in [-0.3, -0.25) is 9.59 Å². The van der Waals surface area contributed by atoms with Gasteiger partial charge in [0.05, 0.1) is 6.61 Å². The molecule has 1 aromatic carbocycles. The van der Waals surface area contributed by atoms with E-state index in [4.69, 9.17) is 4.74 Å². The molecule has 0 saturated carbocycles. The van der Waals surface area contributed by atoms with Crippen LogP contribution in [0.5, 0.6) is 0 Å². The first-order valence-electron chi connectivity index (χ1n) is 9.85. The van der Waals surface area contributed by atoms with Crippen LogP contribution in [0.3, 0.4) is 0 Å². The topological polar surface area (TPSA) is 70.2 Å². The minimum absolute atomic E-state index is 0.184. The number of piperazine rings is 1. The summed E-state index contributed by atoms with van der Waals surface area (Å²) in [5, 5.41) is 0.